The van der Waals surface area contributed by atoms with E-state index in [0.29, 0.717) is 0 Å². The van der Waals surface area contributed by atoms with Crippen molar-refractivity contribution in [3.05, 3.63) is 249 Å². The van der Waals surface area contributed by atoms with Gasteiger partial charge < -0.3 is 18.9 Å². The third-order valence-electron chi connectivity index (χ3n) is 11.8. The molecule has 0 aliphatic carbocycles. The first-order valence-electron chi connectivity index (χ1n) is 21.8. The van der Waals surface area contributed by atoms with Crippen LogP contribution in [0.5, 0.6) is 46.0 Å². The molecule has 0 saturated heterocycles. The van der Waals surface area contributed by atoms with Crippen LogP contribution in [0.25, 0.3) is 44.5 Å². The second-order valence-corrected chi connectivity index (χ2v) is 16.0. The lowest BCUT2D eigenvalue weighted by atomic mass is 9.34. The van der Waals surface area contributed by atoms with Crippen LogP contribution in [0.1, 0.15) is 0 Å². The predicted molar refractivity (Wildman–Crippen MR) is 265 cm³/mol. The van der Waals surface area contributed by atoms with Crippen molar-refractivity contribution in [2.45, 2.75) is 0 Å². The molecule has 4 nitrogen and oxygen atoms in total. The third kappa shape index (κ3) is 8.39. The van der Waals surface area contributed by atoms with Crippen LogP contribution in [-0.2, 0) is 0 Å². The molecule has 0 aromatic heterocycles. The smallest absolute Gasteiger partial charge is 0.260 e. The van der Waals surface area contributed by atoms with Crippen LogP contribution >= 0.6 is 0 Å². The highest BCUT2D eigenvalue weighted by molar-refractivity contribution is 6.98. The molecule has 0 fully saturated rings. The minimum Gasteiger partial charge on any atom is -0.458 e. The molecule has 2 aliphatic heterocycles. The topological polar surface area (TPSA) is 36.9 Å². The Hall–Kier alpha value is -8.54. The summed E-state index contributed by atoms with van der Waals surface area (Å²) in [5.74, 6) is 6.58. The molecule has 0 radical (unpaired) electrons. The summed E-state index contributed by atoms with van der Waals surface area (Å²) in [6.45, 7) is 0.0519. The Morgan fingerprint density at radius 2 is 0.585 bits per heavy atom. The number of fused-ring (bicyclic) bond motifs is 4. The molecule has 0 atom stereocenters. The SMILES string of the molecule is c1ccc(-c2ccc(Oc3cccc(Oc4ccc(-c5ccccc5)cc4)c3)cc2)cc1.c1ccc(-c2ccc3c(c2)B2c4cc(-c5ccccc5)ccc4Oc4cccc(c42)O3)cc1. The Bertz CT molecular complexity index is 3020. The zero-order chi connectivity index (χ0) is 43.4. The lowest BCUT2D eigenvalue weighted by molar-refractivity contribution is 0.460. The van der Waals surface area contributed by atoms with Gasteiger partial charge in [-0.25, -0.2) is 0 Å². The van der Waals surface area contributed by atoms with Crippen molar-refractivity contribution in [2.75, 3.05) is 0 Å². The number of ether oxygens (including phenoxy) is 4. The van der Waals surface area contributed by atoms with Gasteiger partial charge in [0.2, 0.25) is 0 Å². The van der Waals surface area contributed by atoms with E-state index < -0.39 is 0 Å². The summed E-state index contributed by atoms with van der Waals surface area (Å²) in [5, 5.41) is 0. The lowest BCUT2D eigenvalue weighted by Gasteiger charge is -2.33. The first-order chi connectivity index (χ1) is 32.2. The quantitative estimate of drug-likeness (QED) is 0.143. The standard InChI is InChI=1S/C30H19BO2.C30H22O2/c1-3-8-20(9-4-1)22-14-16-26-24(18-22)31-25-19-23(21-10-5-2-6-11-21)15-17-27(25)33-29-13-7-12-28(32-26)30(29)31;1-3-8-23(9-4-1)25-14-18-27(19-15-25)31-29-12-7-13-30(22-29)32-28-20-16-26(17-21-28)24-10-5-2-6-11-24/h1-19H;1-22H. The molecule has 0 N–H and O–H groups in total. The van der Waals surface area contributed by atoms with Crippen LogP contribution in [-0.4, -0.2) is 6.71 Å². The van der Waals surface area contributed by atoms with Gasteiger partial charge >= 0.3 is 0 Å². The monoisotopic (exact) mass is 836 g/mol. The van der Waals surface area contributed by atoms with Gasteiger partial charge in [-0.15, -0.1) is 0 Å². The maximum Gasteiger partial charge on any atom is 0.260 e. The summed E-state index contributed by atoms with van der Waals surface area (Å²) >= 11 is 0. The normalized spacial score (nSPS) is 11.6. The first kappa shape index (κ1) is 39.3. The Morgan fingerprint density at radius 3 is 0.985 bits per heavy atom. The van der Waals surface area contributed by atoms with Crippen molar-refractivity contribution in [2.24, 2.45) is 0 Å². The first-order valence-corrected chi connectivity index (χ1v) is 21.8. The second-order valence-electron chi connectivity index (χ2n) is 16.0. The van der Waals surface area contributed by atoms with E-state index in [0.717, 1.165) is 62.6 Å². The van der Waals surface area contributed by atoms with Crippen molar-refractivity contribution in [3.8, 4) is 90.5 Å². The molecule has 5 heteroatoms. The lowest BCUT2D eigenvalue weighted by Crippen LogP contribution is -2.57. The van der Waals surface area contributed by atoms with E-state index in [1.807, 2.05) is 115 Å². The molecule has 0 unspecified atom stereocenters. The molecule has 10 aromatic rings. The van der Waals surface area contributed by atoms with Crippen LogP contribution in [0, 0.1) is 0 Å². The molecule has 0 bridgehead atoms. The molecule has 0 spiro atoms. The van der Waals surface area contributed by atoms with E-state index in [-0.39, 0.29) is 6.71 Å². The van der Waals surface area contributed by atoms with Crippen molar-refractivity contribution in [1.82, 2.24) is 0 Å². The van der Waals surface area contributed by atoms with Crippen molar-refractivity contribution >= 4 is 23.1 Å². The number of hydrogen-bond donors (Lipinski definition) is 0. The van der Waals surface area contributed by atoms with Crippen LogP contribution in [0.15, 0.2) is 249 Å². The number of rotatable bonds is 8. The Labute approximate surface area is 379 Å². The molecule has 12 rings (SSSR count). The van der Waals surface area contributed by atoms with Crippen LogP contribution in [0.3, 0.4) is 0 Å². The summed E-state index contributed by atoms with van der Waals surface area (Å²) in [5.41, 5.74) is 12.9. The molecule has 65 heavy (non-hydrogen) atoms. The van der Waals surface area contributed by atoms with E-state index >= 15 is 0 Å². The summed E-state index contributed by atoms with van der Waals surface area (Å²) in [7, 11) is 0. The third-order valence-corrected chi connectivity index (χ3v) is 11.8. The van der Waals surface area contributed by atoms with Gasteiger partial charge in [-0.1, -0.05) is 182 Å². The van der Waals surface area contributed by atoms with Crippen LogP contribution < -0.4 is 35.3 Å². The molecular weight excluding hydrogens is 795 g/mol. The van der Waals surface area contributed by atoms with E-state index in [4.69, 9.17) is 18.9 Å². The highest BCUT2D eigenvalue weighted by Crippen LogP contribution is 2.37. The zero-order valence-corrected chi connectivity index (χ0v) is 35.4. The van der Waals surface area contributed by atoms with Crippen LogP contribution in [0.2, 0.25) is 0 Å². The predicted octanol–water partition coefficient (Wildman–Crippen LogP) is 14.4. The highest BCUT2D eigenvalue weighted by atomic mass is 16.5. The highest BCUT2D eigenvalue weighted by Gasteiger charge is 2.40. The maximum atomic E-state index is 6.37. The van der Waals surface area contributed by atoms with Gasteiger partial charge in [-0.3, -0.25) is 0 Å². The number of hydrogen-bond acceptors (Lipinski definition) is 4. The van der Waals surface area contributed by atoms with Gasteiger partial charge in [-0.2, -0.15) is 0 Å². The van der Waals surface area contributed by atoms with Gasteiger partial charge in [0, 0.05) is 11.5 Å². The molecular formula is C60H41BO4. The Balaban J connectivity index is 0.000000144. The average Bonchev–Trinajstić information content (AvgIpc) is 3.38. The fourth-order valence-corrected chi connectivity index (χ4v) is 8.62. The Kier molecular flexibility index (Phi) is 10.7. The fraction of sp³-hybridized carbons (Fsp3) is 0. The minimum absolute atomic E-state index is 0.0519. The molecule has 2 heterocycles. The average molecular weight is 837 g/mol. The maximum absolute atomic E-state index is 6.37. The number of benzene rings is 10. The summed E-state index contributed by atoms with van der Waals surface area (Å²) < 4.78 is 24.8. The van der Waals surface area contributed by atoms with Gasteiger partial charge in [-0.05, 0) is 116 Å². The van der Waals surface area contributed by atoms with Gasteiger partial charge in [0.1, 0.15) is 46.0 Å². The van der Waals surface area contributed by atoms with Gasteiger partial charge in [0.05, 0.1) is 0 Å². The van der Waals surface area contributed by atoms with E-state index in [9.17, 15) is 0 Å². The molecule has 10 aromatic carbocycles. The van der Waals surface area contributed by atoms with Gasteiger partial charge in [0.15, 0.2) is 0 Å². The van der Waals surface area contributed by atoms with E-state index in [2.05, 4.69) is 133 Å². The van der Waals surface area contributed by atoms with E-state index in [1.165, 1.54) is 44.3 Å². The van der Waals surface area contributed by atoms with Crippen LogP contribution in [0.4, 0.5) is 0 Å². The summed E-state index contributed by atoms with van der Waals surface area (Å²) in [6, 6.07) is 84.6. The van der Waals surface area contributed by atoms with Gasteiger partial charge in [0.25, 0.3) is 6.71 Å². The van der Waals surface area contributed by atoms with Crippen molar-refractivity contribution in [1.29, 1.82) is 0 Å². The molecule has 2 aliphatic rings. The zero-order valence-electron chi connectivity index (χ0n) is 35.4. The summed E-state index contributed by atoms with van der Waals surface area (Å²) in [6.07, 6.45) is 0. The molecule has 308 valence electrons. The minimum atomic E-state index is 0.0519. The fourth-order valence-electron chi connectivity index (χ4n) is 8.62. The van der Waals surface area contributed by atoms with Crippen molar-refractivity contribution in [3.63, 3.8) is 0 Å². The van der Waals surface area contributed by atoms with E-state index in [1.54, 1.807) is 0 Å². The van der Waals surface area contributed by atoms with Crippen molar-refractivity contribution < 1.29 is 18.9 Å². The molecule has 0 amide bonds. The summed E-state index contributed by atoms with van der Waals surface area (Å²) in [4.78, 5) is 0. The Morgan fingerprint density at radius 1 is 0.246 bits per heavy atom. The molecule has 0 saturated carbocycles. The largest absolute Gasteiger partial charge is 0.458 e. The second kappa shape index (κ2) is 17.7.